The van der Waals surface area contributed by atoms with Crippen LogP contribution in [0.25, 0.3) is 21.7 Å². The predicted molar refractivity (Wildman–Crippen MR) is 112 cm³/mol. The van der Waals surface area contributed by atoms with Crippen LogP contribution in [0.5, 0.6) is 5.75 Å². The summed E-state index contributed by atoms with van der Waals surface area (Å²) in [5.41, 5.74) is 4.21. The largest absolute Gasteiger partial charge is 0.480 e. The monoisotopic (exact) mass is 369 g/mol. The first-order valence-electron chi connectivity index (χ1n) is 9.03. The topological polar surface area (TPSA) is 63.6 Å². The van der Waals surface area contributed by atoms with Crippen LogP contribution in [0, 0.1) is 0 Å². The molecule has 0 bridgehead atoms. The van der Waals surface area contributed by atoms with Crippen molar-refractivity contribution in [1.29, 1.82) is 0 Å². The van der Waals surface area contributed by atoms with Crippen molar-refractivity contribution in [2.24, 2.45) is 5.10 Å². The van der Waals surface area contributed by atoms with Crippen LogP contribution >= 0.6 is 0 Å². The first-order chi connectivity index (χ1) is 13.7. The van der Waals surface area contributed by atoms with Crippen LogP contribution in [-0.2, 0) is 4.79 Å². The number of para-hydroxylation sites is 1. The van der Waals surface area contributed by atoms with Crippen LogP contribution in [-0.4, -0.2) is 23.2 Å². The summed E-state index contributed by atoms with van der Waals surface area (Å²) in [4.78, 5) is 16.7. The second-order valence-electron chi connectivity index (χ2n) is 6.39. The number of nitrogens with one attached hydrogen (secondary N) is 1. The molecule has 5 heteroatoms. The second-order valence-corrected chi connectivity index (χ2v) is 6.39. The summed E-state index contributed by atoms with van der Waals surface area (Å²) in [5.74, 6) is 0.348. The number of carbonyl (C=O) groups is 1. The number of rotatable bonds is 5. The smallest absolute Gasteiger partial charge is 0.280 e. The average Bonchev–Trinajstić information content (AvgIpc) is 2.74. The molecule has 0 saturated heterocycles. The summed E-state index contributed by atoms with van der Waals surface area (Å²) in [6.07, 6.45) is 2.64. The molecule has 0 unspecified atom stereocenters. The lowest BCUT2D eigenvalue weighted by molar-refractivity contribution is -0.127. The van der Waals surface area contributed by atoms with Crippen LogP contribution in [0.15, 0.2) is 84.1 Å². The van der Waals surface area contributed by atoms with Crippen LogP contribution in [0.4, 0.5) is 0 Å². The SMILES string of the molecule is C[C@@H](Oc1cccc2ccccc12)C(=O)N/N=C\c1cccc2cccnc12. The van der Waals surface area contributed by atoms with Gasteiger partial charge < -0.3 is 4.74 Å². The highest BCUT2D eigenvalue weighted by molar-refractivity contribution is 5.97. The van der Waals surface area contributed by atoms with E-state index in [-0.39, 0.29) is 5.91 Å². The number of hydrazone groups is 1. The Kier molecular flexibility index (Phi) is 4.97. The summed E-state index contributed by atoms with van der Waals surface area (Å²) in [7, 11) is 0. The minimum absolute atomic E-state index is 0.322. The summed E-state index contributed by atoms with van der Waals surface area (Å²) in [5, 5.41) is 7.12. The summed E-state index contributed by atoms with van der Waals surface area (Å²) < 4.78 is 5.86. The maximum Gasteiger partial charge on any atom is 0.280 e. The molecule has 1 amide bonds. The molecule has 0 aliphatic carbocycles. The lowest BCUT2D eigenvalue weighted by atomic mass is 10.1. The van der Waals surface area contributed by atoms with E-state index in [0.29, 0.717) is 5.75 Å². The van der Waals surface area contributed by atoms with Crippen molar-refractivity contribution in [2.75, 3.05) is 0 Å². The molecule has 5 nitrogen and oxygen atoms in total. The highest BCUT2D eigenvalue weighted by Crippen LogP contribution is 2.26. The minimum atomic E-state index is -0.686. The van der Waals surface area contributed by atoms with E-state index in [2.05, 4.69) is 15.5 Å². The quantitative estimate of drug-likeness (QED) is 0.421. The number of ether oxygens (including phenoxy) is 1. The molecule has 0 radical (unpaired) electrons. The molecule has 0 spiro atoms. The number of hydrogen-bond donors (Lipinski definition) is 1. The van der Waals surface area contributed by atoms with Gasteiger partial charge in [0.1, 0.15) is 5.75 Å². The number of aromatic nitrogens is 1. The lowest BCUT2D eigenvalue weighted by Gasteiger charge is -2.14. The number of pyridine rings is 1. The van der Waals surface area contributed by atoms with E-state index in [1.165, 1.54) is 0 Å². The molecule has 0 aliphatic rings. The van der Waals surface area contributed by atoms with Gasteiger partial charge in [0, 0.05) is 22.5 Å². The molecule has 1 atom stereocenters. The van der Waals surface area contributed by atoms with E-state index in [4.69, 9.17) is 4.74 Å². The first kappa shape index (κ1) is 17.7. The third-order valence-corrected chi connectivity index (χ3v) is 4.46. The van der Waals surface area contributed by atoms with Crippen LogP contribution in [0.2, 0.25) is 0 Å². The first-order valence-corrected chi connectivity index (χ1v) is 9.03. The second kappa shape index (κ2) is 7.88. The number of fused-ring (bicyclic) bond motifs is 2. The van der Waals surface area contributed by atoms with Crippen molar-refractivity contribution < 1.29 is 9.53 Å². The molecular weight excluding hydrogens is 350 g/mol. The number of nitrogens with zero attached hydrogens (tertiary/aromatic N) is 2. The number of amides is 1. The van der Waals surface area contributed by atoms with E-state index >= 15 is 0 Å². The van der Waals surface area contributed by atoms with E-state index in [1.807, 2.05) is 72.8 Å². The summed E-state index contributed by atoms with van der Waals surface area (Å²) in [6.45, 7) is 1.70. The fraction of sp³-hybridized carbons (Fsp3) is 0.0870. The molecule has 0 aliphatic heterocycles. The third-order valence-electron chi connectivity index (χ3n) is 4.46. The Labute approximate surface area is 162 Å². The van der Waals surface area contributed by atoms with Gasteiger partial charge >= 0.3 is 0 Å². The Hall–Kier alpha value is -3.73. The van der Waals surface area contributed by atoms with Gasteiger partial charge in [-0.3, -0.25) is 9.78 Å². The number of carbonyl (C=O) groups excluding carboxylic acids is 1. The zero-order valence-corrected chi connectivity index (χ0v) is 15.4. The summed E-state index contributed by atoms with van der Waals surface area (Å²) >= 11 is 0. The van der Waals surface area contributed by atoms with Crippen LogP contribution in [0.3, 0.4) is 0 Å². The predicted octanol–water partition coefficient (Wildman–Crippen LogP) is 4.31. The van der Waals surface area contributed by atoms with Crippen molar-refractivity contribution in [2.45, 2.75) is 13.0 Å². The molecule has 0 saturated carbocycles. The van der Waals surface area contributed by atoms with E-state index in [9.17, 15) is 4.79 Å². The Bertz CT molecular complexity index is 1160. The third kappa shape index (κ3) is 3.69. The van der Waals surface area contributed by atoms with Gasteiger partial charge in [-0.2, -0.15) is 5.10 Å². The minimum Gasteiger partial charge on any atom is -0.480 e. The Morgan fingerprint density at radius 1 is 1.00 bits per heavy atom. The average molecular weight is 369 g/mol. The van der Waals surface area contributed by atoms with Gasteiger partial charge in [-0.1, -0.05) is 60.7 Å². The molecule has 1 heterocycles. The molecule has 0 fully saturated rings. The van der Waals surface area contributed by atoms with Gasteiger partial charge in [0.25, 0.3) is 5.91 Å². The molecule has 4 aromatic rings. The van der Waals surface area contributed by atoms with Crippen molar-refractivity contribution in [1.82, 2.24) is 10.4 Å². The van der Waals surface area contributed by atoms with Crippen molar-refractivity contribution in [3.05, 3.63) is 84.6 Å². The van der Waals surface area contributed by atoms with Gasteiger partial charge in [-0.15, -0.1) is 0 Å². The molecule has 28 heavy (non-hydrogen) atoms. The molecule has 4 rings (SSSR count). The fourth-order valence-corrected chi connectivity index (χ4v) is 3.03. The standard InChI is InChI=1S/C23H19N3O2/c1-16(28-21-13-5-8-17-7-2-3-12-20(17)21)23(27)26-25-15-19-10-4-9-18-11-6-14-24-22(18)19/h2-16H,1H3,(H,26,27)/b25-15-/t16-/m1/s1. The van der Waals surface area contributed by atoms with E-state index < -0.39 is 6.10 Å². The number of benzene rings is 3. The van der Waals surface area contributed by atoms with Gasteiger partial charge in [0.15, 0.2) is 6.10 Å². The van der Waals surface area contributed by atoms with Gasteiger partial charge in [-0.05, 0) is 24.4 Å². The molecule has 1 aromatic heterocycles. The van der Waals surface area contributed by atoms with Gasteiger partial charge in [0.2, 0.25) is 0 Å². The van der Waals surface area contributed by atoms with Crippen molar-refractivity contribution in [3.8, 4) is 5.75 Å². The molecular formula is C23H19N3O2. The van der Waals surface area contributed by atoms with Gasteiger partial charge in [-0.25, -0.2) is 5.43 Å². The molecule has 3 aromatic carbocycles. The van der Waals surface area contributed by atoms with Gasteiger partial charge in [0.05, 0.1) is 11.7 Å². The van der Waals surface area contributed by atoms with Crippen molar-refractivity contribution in [3.63, 3.8) is 0 Å². The number of hydrogen-bond acceptors (Lipinski definition) is 4. The Morgan fingerprint density at radius 2 is 1.75 bits per heavy atom. The summed E-state index contributed by atoms with van der Waals surface area (Å²) in [6, 6.07) is 23.4. The van der Waals surface area contributed by atoms with Crippen molar-refractivity contribution >= 4 is 33.8 Å². The molecule has 1 N–H and O–H groups in total. The zero-order valence-electron chi connectivity index (χ0n) is 15.4. The van der Waals surface area contributed by atoms with E-state index in [0.717, 1.165) is 27.2 Å². The highest BCUT2D eigenvalue weighted by atomic mass is 16.5. The Balaban J connectivity index is 1.45. The fourth-order valence-electron chi connectivity index (χ4n) is 3.03. The molecule has 138 valence electrons. The Morgan fingerprint density at radius 3 is 2.68 bits per heavy atom. The van der Waals surface area contributed by atoms with E-state index in [1.54, 1.807) is 19.3 Å². The zero-order chi connectivity index (χ0) is 19.3. The lowest BCUT2D eigenvalue weighted by Crippen LogP contribution is -2.33. The normalized spacial score (nSPS) is 12.3. The van der Waals surface area contributed by atoms with Crippen LogP contribution < -0.4 is 10.2 Å². The van der Waals surface area contributed by atoms with Crippen LogP contribution in [0.1, 0.15) is 12.5 Å². The maximum atomic E-state index is 12.4. The highest BCUT2D eigenvalue weighted by Gasteiger charge is 2.15. The maximum absolute atomic E-state index is 12.4.